The minimum absolute atomic E-state index is 0.186. The first-order chi connectivity index (χ1) is 13.4. The van der Waals surface area contributed by atoms with Gasteiger partial charge < -0.3 is 5.32 Å². The van der Waals surface area contributed by atoms with Crippen LogP contribution in [0.5, 0.6) is 0 Å². The largest absolute Gasteiger partial charge is 0.354 e. The number of likely N-dealkylation sites (N-methyl/N-ethyl adjacent to an activating group) is 1. The van der Waals surface area contributed by atoms with Crippen molar-refractivity contribution in [2.24, 2.45) is 0 Å². The zero-order valence-electron chi connectivity index (χ0n) is 14.8. The molecule has 5 nitrogen and oxygen atoms in total. The molecule has 2 amide bonds. The molecule has 1 aliphatic rings. The van der Waals surface area contributed by atoms with Gasteiger partial charge in [0, 0.05) is 12.7 Å². The van der Waals surface area contributed by atoms with Gasteiger partial charge in [-0.05, 0) is 48.4 Å². The monoisotopic (exact) mass is 399 g/mol. The van der Waals surface area contributed by atoms with E-state index >= 15 is 0 Å². The summed E-state index contributed by atoms with van der Waals surface area (Å²) in [4.78, 5) is 26.4. The fourth-order valence-electron chi connectivity index (χ4n) is 2.77. The van der Waals surface area contributed by atoms with Crippen molar-refractivity contribution in [2.45, 2.75) is 11.7 Å². The van der Waals surface area contributed by atoms with Crippen LogP contribution in [-0.2, 0) is 16.0 Å². The molecule has 0 saturated carbocycles. The minimum Gasteiger partial charge on any atom is -0.354 e. The van der Waals surface area contributed by atoms with Crippen LogP contribution in [0.2, 0.25) is 0 Å². The van der Waals surface area contributed by atoms with Gasteiger partial charge in [0.15, 0.2) is 0 Å². The maximum absolute atomic E-state index is 13.3. The van der Waals surface area contributed by atoms with Crippen LogP contribution in [0.1, 0.15) is 5.56 Å². The summed E-state index contributed by atoms with van der Waals surface area (Å²) in [5.41, 5.74) is 0.893. The lowest BCUT2D eigenvalue weighted by Gasteiger charge is -2.18. The SMILES string of the molecule is CNC(=O)/C(C#N)=C1\SC(Cc2ccc(F)cc2)C(=O)N1c1ccc(F)cc1. The van der Waals surface area contributed by atoms with E-state index in [4.69, 9.17) is 0 Å². The Labute approximate surface area is 164 Å². The topological polar surface area (TPSA) is 73.2 Å². The molecule has 0 radical (unpaired) electrons. The Morgan fingerprint density at radius 2 is 1.71 bits per heavy atom. The third-order valence-corrected chi connectivity index (χ3v) is 5.41. The van der Waals surface area contributed by atoms with E-state index in [-0.39, 0.29) is 28.7 Å². The first-order valence-electron chi connectivity index (χ1n) is 8.31. The Kier molecular flexibility index (Phi) is 5.76. The van der Waals surface area contributed by atoms with E-state index in [0.717, 1.165) is 17.3 Å². The van der Waals surface area contributed by atoms with Crippen molar-refractivity contribution in [3.8, 4) is 6.07 Å². The molecule has 1 atom stereocenters. The minimum atomic E-state index is -0.618. The summed E-state index contributed by atoms with van der Waals surface area (Å²) in [5, 5.41) is 11.4. The molecule has 0 bridgehead atoms. The van der Waals surface area contributed by atoms with E-state index in [1.165, 1.54) is 48.3 Å². The fraction of sp³-hybridized carbons (Fsp3) is 0.150. The van der Waals surface area contributed by atoms with Crippen LogP contribution in [0.4, 0.5) is 14.5 Å². The van der Waals surface area contributed by atoms with Crippen molar-refractivity contribution in [2.75, 3.05) is 11.9 Å². The van der Waals surface area contributed by atoms with Gasteiger partial charge in [0.2, 0.25) is 5.91 Å². The predicted octanol–water partition coefficient (Wildman–Crippen LogP) is 3.14. The zero-order chi connectivity index (χ0) is 20.3. The van der Waals surface area contributed by atoms with E-state index in [1.807, 2.05) is 6.07 Å². The highest BCUT2D eigenvalue weighted by Gasteiger charge is 2.40. The van der Waals surface area contributed by atoms with Crippen LogP contribution >= 0.6 is 11.8 Å². The summed E-state index contributed by atoms with van der Waals surface area (Å²) in [6.45, 7) is 0. The van der Waals surface area contributed by atoms with Gasteiger partial charge in [-0.1, -0.05) is 23.9 Å². The first-order valence-corrected chi connectivity index (χ1v) is 9.19. The molecule has 0 aromatic heterocycles. The van der Waals surface area contributed by atoms with Gasteiger partial charge in [-0.2, -0.15) is 5.26 Å². The van der Waals surface area contributed by atoms with Gasteiger partial charge in [0.25, 0.3) is 5.91 Å². The molecule has 2 aromatic rings. The van der Waals surface area contributed by atoms with Crippen LogP contribution < -0.4 is 10.2 Å². The van der Waals surface area contributed by atoms with Crippen molar-refractivity contribution >= 4 is 29.3 Å². The molecule has 1 heterocycles. The van der Waals surface area contributed by atoms with Crippen LogP contribution in [0.3, 0.4) is 0 Å². The summed E-state index contributed by atoms with van der Waals surface area (Å²) < 4.78 is 26.4. The Hall–Kier alpha value is -3.18. The number of hydrogen-bond acceptors (Lipinski definition) is 4. The lowest BCUT2D eigenvalue weighted by Crippen LogP contribution is -2.31. The van der Waals surface area contributed by atoms with Gasteiger partial charge in [-0.3, -0.25) is 14.5 Å². The summed E-state index contributed by atoms with van der Waals surface area (Å²) in [6.07, 6.45) is 0.289. The van der Waals surface area contributed by atoms with Crippen molar-refractivity contribution in [1.29, 1.82) is 5.26 Å². The average Bonchev–Trinajstić information content (AvgIpc) is 3.00. The second-order valence-electron chi connectivity index (χ2n) is 5.96. The van der Waals surface area contributed by atoms with E-state index < -0.39 is 17.0 Å². The van der Waals surface area contributed by atoms with Crippen molar-refractivity contribution in [3.63, 3.8) is 0 Å². The molecule has 1 aliphatic heterocycles. The molecule has 28 heavy (non-hydrogen) atoms. The highest BCUT2D eigenvalue weighted by Crippen LogP contribution is 2.41. The maximum Gasteiger partial charge on any atom is 0.264 e. The van der Waals surface area contributed by atoms with Crippen molar-refractivity contribution < 1.29 is 18.4 Å². The number of benzene rings is 2. The number of carbonyl (C=O) groups excluding carboxylic acids is 2. The molecular formula is C20H15F2N3O2S. The quantitative estimate of drug-likeness (QED) is 0.633. The number of nitriles is 1. The van der Waals surface area contributed by atoms with Crippen LogP contribution in [0.15, 0.2) is 59.1 Å². The summed E-state index contributed by atoms with van der Waals surface area (Å²) in [7, 11) is 1.39. The number of rotatable bonds is 4. The lowest BCUT2D eigenvalue weighted by atomic mass is 10.1. The smallest absolute Gasteiger partial charge is 0.264 e. The molecule has 3 rings (SSSR count). The standard InChI is InChI=1S/C20H15F2N3O2S/c1-24-18(26)16(11-23)20-25(15-8-6-14(22)7-9-15)19(27)17(28-20)10-12-2-4-13(21)5-3-12/h2-9,17H,10H2,1H3,(H,24,26)/b20-16-. The zero-order valence-corrected chi connectivity index (χ0v) is 15.6. The van der Waals surface area contributed by atoms with Gasteiger partial charge in [-0.25, -0.2) is 8.78 Å². The van der Waals surface area contributed by atoms with E-state index in [2.05, 4.69) is 5.32 Å². The maximum atomic E-state index is 13.3. The summed E-state index contributed by atoms with van der Waals surface area (Å²) in [6, 6.07) is 12.8. The summed E-state index contributed by atoms with van der Waals surface area (Å²) in [5.74, 6) is -1.81. The second-order valence-corrected chi connectivity index (χ2v) is 7.15. The Balaban J connectivity index is 2.03. The number of thioether (sulfide) groups is 1. The van der Waals surface area contributed by atoms with Gasteiger partial charge in [0.1, 0.15) is 28.3 Å². The van der Waals surface area contributed by atoms with E-state index in [9.17, 15) is 23.6 Å². The molecule has 1 unspecified atom stereocenters. The summed E-state index contributed by atoms with van der Waals surface area (Å²) >= 11 is 1.09. The second kappa shape index (κ2) is 8.23. The number of amides is 2. The van der Waals surface area contributed by atoms with Gasteiger partial charge in [0.05, 0.1) is 5.25 Å². The van der Waals surface area contributed by atoms with Crippen molar-refractivity contribution in [1.82, 2.24) is 5.32 Å². The molecule has 0 aliphatic carbocycles. The number of nitrogens with one attached hydrogen (secondary N) is 1. The van der Waals surface area contributed by atoms with Crippen LogP contribution in [0, 0.1) is 23.0 Å². The predicted molar refractivity (Wildman–Crippen MR) is 102 cm³/mol. The molecule has 1 fully saturated rings. The number of anilines is 1. The highest BCUT2D eigenvalue weighted by molar-refractivity contribution is 8.05. The first kappa shape index (κ1) is 19.6. The van der Waals surface area contributed by atoms with Crippen LogP contribution in [-0.4, -0.2) is 24.1 Å². The van der Waals surface area contributed by atoms with Gasteiger partial charge in [-0.15, -0.1) is 0 Å². The third kappa shape index (κ3) is 3.89. The Morgan fingerprint density at radius 1 is 1.14 bits per heavy atom. The van der Waals surface area contributed by atoms with E-state index in [0.29, 0.717) is 5.69 Å². The number of carbonyl (C=O) groups is 2. The van der Waals surface area contributed by atoms with E-state index in [1.54, 1.807) is 12.1 Å². The van der Waals surface area contributed by atoms with Gasteiger partial charge >= 0.3 is 0 Å². The molecular weight excluding hydrogens is 384 g/mol. The Morgan fingerprint density at radius 3 is 2.25 bits per heavy atom. The number of nitrogens with zero attached hydrogens (tertiary/aromatic N) is 2. The Bertz CT molecular complexity index is 982. The molecule has 2 aromatic carbocycles. The number of halogens is 2. The van der Waals surface area contributed by atoms with Crippen LogP contribution in [0.25, 0.3) is 0 Å². The fourth-order valence-corrected chi connectivity index (χ4v) is 4.08. The molecule has 0 spiro atoms. The molecule has 8 heteroatoms. The molecule has 1 saturated heterocycles. The highest BCUT2D eigenvalue weighted by atomic mass is 32.2. The average molecular weight is 399 g/mol. The normalized spacial score (nSPS) is 18.0. The lowest BCUT2D eigenvalue weighted by molar-refractivity contribution is -0.117. The van der Waals surface area contributed by atoms with Crippen molar-refractivity contribution in [3.05, 3.63) is 76.3 Å². The third-order valence-electron chi connectivity index (χ3n) is 4.15. The number of hydrogen-bond donors (Lipinski definition) is 1. The molecule has 142 valence electrons. The molecule has 1 N–H and O–H groups in total.